The smallest absolute Gasteiger partial charge is 0.257 e. The molecule has 0 aromatic carbocycles. The normalized spacial score (nSPS) is 19.4. The summed E-state index contributed by atoms with van der Waals surface area (Å²) in [4.78, 5) is 3.26. The predicted molar refractivity (Wildman–Crippen MR) is 75.0 cm³/mol. The van der Waals surface area contributed by atoms with Crippen LogP contribution >= 0.6 is 11.3 Å². The average Bonchev–Trinajstić information content (AvgIpc) is 3.09. The molecule has 1 atom stereocenters. The highest BCUT2D eigenvalue weighted by Gasteiger charge is 2.17. The van der Waals surface area contributed by atoms with Crippen LogP contribution in [0.25, 0.3) is 10.8 Å². The SMILES string of the molecule is CN(Cc1nnc(-c2cccs2)o1)CC1CCCN1. The van der Waals surface area contributed by atoms with E-state index in [9.17, 15) is 0 Å². The largest absolute Gasteiger partial charge is 0.419 e. The number of hydrogen-bond donors (Lipinski definition) is 1. The monoisotopic (exact) mass is 278 g/mol. The fourth-order valence-corrected chi connectivity index (χ4v) is 3.05. The van der Waals surface area contributed by atoms with Crippen LogP contribution in [-0.2, 0) is 6.54 Å². The van der Waals surface area contributed by atoms with Crippen LogP contribution in [0.15, 0.2) is 21.9 Å². The Labute approximate surface area is 116 Å². The van der Waals surface area contributed by atoms with Crippen molar-refractivity contribution in [1.82, 2.24) is 20.4 Å². The van der Waals surface area contributed by atoms with Gasteiger partial charge in [0.15, 0.2) is 0 Å². The minimum absolute atomic E-state index is 0.602. The number of nitrogens with zero attached hydrogens (tertiary/aromatic N) is 3. The number of hydrogen-bond acceptors (Lipinski definition) is 6. The third-order valence-corrected chi connectivity index (χ3v) is 4.16. The quantitative estimate of drug-likeness (QED) is 0.906. The van der Waals surface area contributed by atoms with Crippen LogP contribution < -0.4 is 5.32 Å². The van der Waals surface area contributed by atoms with Crippen LogP contribution in [0.2, 0.25) is 0 Å². The van der Waals surface area contributed by atoms with Crippen LogP contribution in [0, 0.1) is 0 Å². The molecule has 19 heavy (non-hydrogen) atoms. The molecule has 6 heteroatoms. The van der Waals surface area contributed by atoms with Gasteiger partial charge in [-0.2, -0.15) is 0 Å². The Bertz CT molecular complexity index is 504. The van der Waals surface area contributed by atoms with E-state index in [-0.39, 0.29) is 0 Å². The lowest BCUT2D eigenvalue weighted by Crippen LogP contribution is -2.35. The Morgan fingerprint density at radius 1 is 1.53 bits per heavy atom. The fraction of sp³-hybridized carbons (Fsp3) is 0.538. The van der Waals surface area contributed by atoms with Gasteiger partial charge in [-0.25, -0.2) is 0 Å². The molecular weight excluding hydrogens is 260 g/mol. The van der Waals surface area contributed by atoms with Gasteiger partial charge in [-0.15, -0.1) is 21.5 Å². The molecule has 1 unspecified atom stereocenters. The molecule has 1 aliphatic rings. The summed E-state index contributed by atoms with van der Waals surface area (Å²) in [6.45, 7) is 2.87. The van der Waals surface area contributed by atoms with E-state index in [1.807, 2.05) is 17.5 Å². The van der Waals surface area contributed by atoms with E-state index >= 15 is 0 Å². The topological polar surface area (TPSA) is 54.2 Å². The molecule has 0 saturated carbocycles. The molecule has 0 bridgehead atoms. The molecule has 5 nitrogen and oxygen atoms in total. The molecule has 3 rings (SSSR count). The van der Waals surface area contributed by atoms with Crippen molar-refractivity contribution in [3.8, 4) is 10.8 Å². The van der Waals surface area contributed by atoms with Gasteiger partial charge in [0.1, 0.15) is 0 Å². The van der Waals surface area contributed by atoms with Crippen LogP contribution in [0.5, 0.6) is 0 Å². The summed E-state index contributed by atoms with van der Waals surface area (Å²) in [7, 11) is 2.09. The molecule has 2 aromatic rings. The molecule has 0 spiro atoms. The number of aromatic nitrogens is 2. The summed E-state index contributed by atoms with van der Waals surface area (Å²) in [6.07, 6.45) is 2.54. The van der Waals surface area contributed by atoms with Crippen LogP contribution in [0.3, 0.4) is 0 Å². The molecule has 1 fully saturated rings. The maximum absolute atomic E-state index is 5.69. The number of thiophene rings is 1. The predicted octanol–water partition coefficient (Wildman–Crippen LogP) is 1.98. The summed E-state index contributed by atoms with van der Waals surface area (Å²) in [5, 5.41) is 13.7. The molecule has 102 valence electrons. The highest BCUT2D eigenvalue weighted by atomic mass is 32.1. The summed E-state index contributed by atoms with van der Waals surface area (Å²) < 4.78 is 5.69. The summed E-state index contributed by atoms with van der Waals surface area (Å²) in [5.41, 5.74) is 0. The lowest BCUT2D eigenvalue weighted by atomic mass is 10.2. The summed E-state index contributed by atoms with van der Waals surface area (Å²) in [5.74, 6) is 1.31. The Hall–Kier alpha value is -1.24. The van der Waals surface area contributed by atoms with Crippen LogP contribution in [0.1, 0.15) is 18.7 Å². The zero-order valence-electron chi connectivity index (χ0n) is 11.0. The third kappa shape index (κ3) is 3.20. The molecule has 1 N–H and O–H groups in total. The van der Waals surface area contributed by atoms with E-state index in [4.69, 9.17) is 4.42 Å². The molecule has 0 aliphatic carbocycles. The Morgan fingerprint density at radius 2 is 2.47 bits per heavy atom. The number of likely N-dealkylation sites (N-methyl/N-ethyl adjacent to an activating group) is 1. The molecule has 3 heterocycles. The molecular formula is C13H18N4OS. The lowest BCUT2D eigenvalue weighted by Gasteiger charge is -2.19. The zero-order chi connectivity index (χ0) is 13.1. The van der Waals surface area contributed by atoms with Gasteiger partial charge in [0, 0.05) is 12.6 Å². The second kappa shape index (κ2) is 5.81. The van der Waals surface area contributed by atoms with Crippen molar-refractivity contribution in [2.45, 2.75) is 25.4 Å². The maximum Gasteiger partial charge on any atom is 0.257 e. The summed E-state index contributed by atoms with van der Waals surface area (Å²) in [6, 6.07) is 4.58. The minimum Gasteiger partial charge on any atom is -0.419 e. The van der Waals surface area contributed by atoms with Crippen molar-refractivity contribution < 1.29 is 4.42 Å². The van der Waals surface area contributed by atoms with Gasteiger partial charge in [0.2, 0.25) is 5.89 Å². The average molecular weight is 278 g/mol. The van der Waals surface area contributed by atoms with Gasteiger partial charge in [-0.05, 0) is 37.9 Å². The Kier molecular flexibility index (Phi) is 3.91. The minimum atomic E-state index is 0.602. The van der Waals surface area contributed by atoms with Crippen molar-refractivity contribution in [3.63, 3.8) is 0 Å². The molecule has 1 aliphatic heterocycles. The van der Waals surface area contributed by atoms with Crippen molar-refractivity contribution in [1.29, 1.82) is 0 Å². The third-order valence-electron chi connectivity index (χ3n) is 3.30. The molecule has 1 saturated heterocycles. The van der Waals surface area contributed by atoms with Gasteiger partial charge in [0.25, 0.3) is 5.89 Å². The van der Waals surface area contributed by atoms with E-state index < -0.39 is 0 Å². The highest BCUT2D eigenvalue weighted by molar-refractivity contribution is 7.13. The first kappa shape index (κ1) is 12.8. The maximum atomic E-state index is 5.69. The summed E-state index contributed by atoms with van der Waals surface area (Å²) >= 11 is 1.61. The van der Waals surface area contributed by atoms with Crippen molar-refractivity contribution in [2.75, 3.05) is 20.1 Å². The lowest BCUT2D eigenvalue weighted by molar-refractivity contribution is 0.265. The Balaban J connectivity index is 1.57. The van der Waals surface area contributed by atoms with E-state index in [0.717, 1.165) is 18.0 Å². The van der Waals surface area contributed by atoms with E-state index in [0.29, 0.717) is 24.4 Å². The number of nitrogens with one attached hydrogen (secondary N) is 1. The van der Waals surface area contributed by atoms with Crippen molar-refractivity contribution >= 4 is 11.3 Å². The van der Waals surface area contributed by atoms with E-state index in [2.05, 4.69) is 27.5 Å². The molecule has 0 amide bonds. The van der Waals surface area contributed by atoms with Crippen LogP contribution in [-0.4, -0.2) is 41.3 Å². The van der Waals surface area contributed by atoms with Gasteiger partial charge >= 0.3 is 0 Å². The van der Waals surface area contributed by atoms with E-state index in [1.54, 1.807) is 11.3 Å². The van der Waals surface area contributed by atoms with Gasteiger partial charge < -0.3 is 9.73 Å². The zero-order valence-corrected chi connectivity index (χ0v) is 11.8. The fourth-order valence-electron chi connectivity index (χ4n) is 2.40. The molecule has 2 aromatic heterocycles. The van der Waals surface area contributed by atoms with Gasteiger partial charge in [0.05, 0.1) is 11.4 Å². The second-order valence-electron chi connectivity index (χ2n) is 4.97. The van der Waals surface area contributed by atoms with Crippen molar-refractivity contribution in [3.05, 3.63) is 23.4 Å². The first-order valence-electron chi connectivity index (χ1n) is 6.59. The standard InChI is InChI=1S/C13H18N4OS/c1-17(8-10-4-2-6-14-10)9-12-15-16-13(18-12)11-5-3-7-19-11/h3,5,7,10,14H,2,4,6,8-9H2,1H3. The highest BCUT2D eigenvalue weighted by Crippen LogP contribution is 2.23. The van der Waals surface area contributed by atoms with Crippen molar-refractivity contribution in [2.24, 2.45) is 0 Å². The Morgan fingerprint density at radius 3 is 3.21 bits per heavy atom. The van der Waals surface area contributed by atoms with Crippen LogP contribution in [0.4, 0.5) is 0 Å². The van der Waals surface area contributed by atoms with Gasteiger partial charge in [-0.3, -0.25) is 4.90 Å². The number of rotatable bonds is 5. The molecule has 0 radical (unpaired) electrons. The first-order chi connectivity index (χ1) is 9.31. The first-order valence-corrected chi connectivity index (χ1v) is 7.47. The second-order valence-corrected chi connectivity index (χ2v) is 5.92. The van der Waals surface area contributed by atoms with E-state index in [1.165, 1.54) is 12.8 Å². The van der Waals surface area contributed by atoms with Gasteiger partial charge in [-0.1, -0.05) is 6.07 Å².